The molecule has 0 aliphatic carbocycles. The van der Waals surface area contributed by atoms with Crippen LogP contribution in [0.5, 0.6) is 0 Å². The van der Waals surface area contributed by atoms with Crippen LogP contribution in [0.15, 0.2) is 0 Å². The molecule has 0 unspecified atom stereocenters. The van der Waals surface area contributed by atoms with Crippen LogP contribution in [0, 0.1) is 0 Å². The van der Waals surface area contributed by atoms with Crippen LogP contribution in [0.25, 0.3) is 0 Å². The molecule has 0 aromatic rings. The van der Waals surface area contributed by atoms with Crippen molar-refractivity contribution in [2.45, 2.75) is 31.3 Å². The third-order valence-electron chi connectivity index (χ3n) is 2.48. The molecule has 1 rings (SSSR count). The zero-order valence-electron chi connectivity index (χ0n) is 7.67. The van der Waals surface area contributed by atoms with E-state index in [0.29, 0.717) is 6.54 Å². The summed E-state index contributed by atoms with van der Waals surface area (Å²) in [6, 6.07) is 0. The number of likely N-dealkylation sites (tertiary alicyclic amines) is 1. The van der Waals surface area contributed by atoms with Gasteiger partial charge >= 0.3 is 0 Å². The van der Waals surface area contributed by atoms with E-state index >= 15 is 0 Å². The molecule has 1 fully saturated rings. The van der Waals surface area contributed by atoms with Gasteiger partial charge in [0.1, 0.15) is 12.2 Å². The Morgan fingerprint density at radius 3 is 1.69 bits per heavy atom. The highest BCUT2D eigenvalue weighted by molar-refractivity contribution is 4.88. The largest absolute Gasteiger partial charge is 0.389 e. The summed E-state index contributed by atoms with van der Waals surface area (Å²) in [7, 11) is 0. The standard InChI is InChI=1S/C8H17NO4/c1-2-9-3-5(10)7(12)8(13)6(11)4-9/h5-8,10-13H,2-4H2,1H3/t5-,6-,7-,8-/m1/s1. The minimum atomic E-state index is -1.26. The summed E-state index contributed by atoms with van der Waals surface area (Å²) in [5.41, 5.74) is 0. The molecule has 4 atom stereocenters. The number of hydrogen-bond acceptors (Lipinski definition) is 5. The lowest BCUT2D eigenvalue weighted by atomic mass is 10.1. The lowest BCUT2D eigenvalue weighted by molar-refractivity contribution is -0.0894. The maximum Gasteiger partial charge on any atom is 0.110 e. The van der Waals surface area contributed by atoms with Gasteiger partial charge in [-0.1, -0.05) is 6.92 Å². The Bertz CT molecular complexity index is 150. The van der Waals surface area contributed by atoms with Gasteiger partial charge in [-0.3, -0.25) is 4.90 Å². The van der Waals surface area contributed by atoms with Gasteiger partial charge in [-0.25, -0.2) is 0 Å². The van der Waals surface area contributed by atoms with Gasteiger partial charge in [-0.2, -0.15) is 0 Å². The molecule has 0 amide bonds. The van der Waals surface area contributed by atoms with Crippen molar-refractivity contribution in [3.63, 3.8) is 0 Å². The molecule has 1 aliphatic heterocycles. The summed E-state index contributed by atoms with van der Waals surface area (Å²) in [6.45, 7) is 3.13. The summed E-state index contributed by atoms with van der Waals surface area (Å²) in [5, 5.41) is 37.4. The van der Waals surface area contributed by atoms with Gasteiger partial charge in [0.15, 0.2) is 0 Å². The molecule has 0 aromatic heterocycles. The number of β-amino-alcohol motifs (C(OH)–C–C–N with tert-alkyl or cyclic N) is 2. The quantitative estimate of drug-likeness (QED) is 0.377. The lowest BCUT2D eigenvalue weighted by Crippen LogP contribution is -2.43. The third-order valence-corrected chi connectivity index (χ3v) is 2.48. The van der Waals surface area contributed by atoms with Crippen LogP contribution in [-0.2, 0) is 0 Å². The van der Waals surface area contributed by atoms with E-state index in [1.165, 1.54) is 0 Å². The average molecular weight is 191 g/mol. The summed E-state index contributed by atoms with van der Waals surface area (Å²) in [6.07, 6.45) is -4.50. The molecule has 1 aliphatic rings. The Hall–Kier alpha value is -0.200. The van der Waals surface area contributed by atoms with Crippen molar-refractivity contribution in [3.05, 3.63) is 0 Å². The van der Waals surface area contributed by atoms with E-state index in [1.54, 1.807) is 4.90 Å². The van der Waals surface area contributed by atoms with Crippen LogP contribution in [0.1, 0.15) is 6.92 Å². The normalized spacial score (nSPS) is 43.2. The Morgan fingerprint density at radius 2 is 1.38 bits per heavy atom. The minimum absolute atomic E-state index is 0.284. The number of likely N-dealkylation sites (N-methyl/N-ethyl adjacent to an activating group) is 1. The van der Waals surface area contributed by atoms with E-state index in [4.69, 9.17) is 0 Å². The first-order valence-corrected chi connectivity index (χ1v) is 4.51. The van der Waals surface area contributed by atoms with E-state index in [2.05, 4.69) is 0 Å². The second-order valence-corrected chi connectivity index (χ2v) is 3.47. The zero-order valence-corrected chi connectivity index (χ0v) is 7.67. The number of aliphatic hydroxyl groups is 4. The second-order valence-electron chi connectivity index (χ2n) is 3.47. The monoisotopic (exact) mass is 191 g/mol. The third kappa shape index (κ3) is 2.38. The van der Waals surface area contributed by atoms with Crippen molar-refractivity contribution >= 4 is 0 Å². The van der Waals surface area contributed by atoms with E-state index in [0.717, 1.165) is 0 Å². The van der Waals surface area contributed by atoms with Crippen LogP contribution in [0.2, 0.25) is 0 Å². The van der Waals surface area contributed by atoms with Crippen molar-refractivity contribution in [2.24, 2.45) is 0 Å². The summed E-state index contributed by atoms with van der Waals surface area (Å²) in [4.78, 5) is 1.79. The highest BCUT2D eigenvalue weighted by atomic mass is 16.4. The van der Waals surface area contributed by atoms with Crippen molar-refractivity contribution in [3.8, 4) is 0 Å². The summed E-state index contributed by atoms with van der Waals surface area (Å²) < 4.78 is 0. The molecule has 13 heavy (non-hydrogen) atoms. The van der Waals surface area contributed by atoms with E-state index in [-0.39, 0.29) is 13.1 Å². The van der Waals surface area contributed by atoms with Gasteiger partial charge in [-0.05, 0) is 6.54 Å². The molecule has 1 heterocycles. The predicted octanol–water partition coefficient (Wildman–Crippen LogP) is -2.23. The Morgan fingerprint density at radius 1 is 1.00 bits per heavy atom. The van der Waals surface area contributed by atoms with Gasteiger partial charge in [0.05, 0.1) is 12.2 Å². The fraction of sp³-hybridized carbons (Fsp3) is 1.00. The molecular formula is C8H17NO4. The first kappa shape index (κ1) is 10.9. The van der Waals surface area contributed by atoms with Crippen LogP contribution < -0.4 is 0 Å². The first-order chi connectivity index (χ1) is 6.06. The fourth-order valence-electron chi connectivity index (χ4n) is 1.53. The van der Waals surface area contributed by atoms with Crippen molar-refractivity contribution in [1.82, 2.24) is 4.90 Å². The molecule has 5 nitrogen and oxygen atoms in total. The van der Waals surface area contributed by atoms with Gasteiger partial charge in [0.2, 0.25) is 0 Å². The van der Waals surface area contributed by atoms with Gasteiger partial charge < -0.3 is 20.4 Å². The maximum atomic E-state index is 9.38. The number of rotatable bonds is 1. The molecule has 78 valence electrons. The molecule has 0 radical (unpaired) electrons. The SMILES string of the molecule is CCN1C[C@@H](O)[C@@H](O)[C@H](O)[C@H](O)C1. The molecule has 0 bridgehead atoms. The van der Waals surface area contributed by atoms with Crippen LogP contribution >= 0.6 is 0 Å². The van der Waals surface area contributed by atoms with Crippen molar-refractivity contribution in [2.75, 3.05) is 19.6 Å². The summed E-state index contributed by atoms with van der Waals surface area (Å²) >= 11 is 0. The molecule has 4 N–H and O–H groups in total. The molecule has 1 saturated heterocycles. The Kier molecular flexibility index (Phi) is 3.63. The Labute approximate surface area is 77.2 Å². The van der Waals surface area contributed by atoms with E-state index < -0.39 is 24.4 Å². The Balaban J connectivity index is 2.66. The highest BCUT2D eigenvalue weighted by Crippen LogP contribution is 2.12. The van der Waals surface area contributed by atoms with Gasteiger partial charge in [0.25, 0.3) is 0 Å². The molecule has 0 spiro atoms. The number of hydrogen-bond donors (Lipinski definition) is 4. The topological polar surface area (TPSA) is 84.2 Å². The lowest BCUT2D eigenvalue weighted by Gasteiger charge is -2.21. The minimum Gasteiger partial charge on any atom is -0.389 e. The smallest absolute Gasteiger partial charge is 0.110 e. The van der Waals surface area contributed by atoms with Gasteiger partial charge in [-0.15, -0.1) is 0 Å². The predicted molar refractivity (Wildman–Crippen MR) is 46.1 cm³/mol. The number of aliphatic hydroxyl groups excluding tert-OH is 4. The molecule has 0 aromatic carbocycles. The molecular weight excluding hydrogens is 174 g/mol. The number of nitrogens with zero attached hydrogens (tertiary/aromatic N) is 1. The van der Waals surface area contributed by atoms with Crippen LogP contribution in [0.3, 0.4) is 0 Å². The average Bonchev–Trinajstić information content (AvgIpc) is 2.20. The van der Waals surface area contributed by atoms with Crippen LogP contribution in [-0.4, -0.2) is 69.4 Å². The summed E-state index contributed by atoms with van der Waals surface area (Å²) in [5.74, 6) is 0. The highest BCUT2D eigenvalue weighted by Gasteiger charge is 2.35. The van der Waals surface area contributed by atoms with E-state index in [9.17, 15) is 20.4 Å². The zero-order chi connectivity index (χ0) is 10.0. The first-order valence-electron chi connectivity index (χ1n) is 4.51. The van der Waals surface area contributed by atoms with E-state index in [1.807, 2.05) is 6.92 Å². The van der Waals surface area contributed by atoms with Gasteiger partial charge in [0, 0.05) is 13.1 Å². The fourth-order valence-corrected chi connectivity index (χ4v) is 1.53. The molecule has 0 saturated carbocycles. The van der Waals surface area contributed by atoms with Crippen molar-refractivity contribution < 1.29 is 20.4 Å². The second kappa shape index (κ2) is 4.34. The van der Waals surface area contributed by atoms with Crippen molar-refractivity contribution in [1.29, 1.82) is 0 Å². The maximum absolute atomic E-state index is 9.38. The molecule has 5 heteroatoms. The van der Waals surface area contributed by atoms with Crippen LogP contribution in [0.4, 0.5) is 0 Å².